The Balaban J connectivity index is 1.96. The lowest BCUT2D eigenvalue weighted by Gasteiger charge is -2.52. The maximum Gasteiger partial charge on any atom is 0.409 e. The average molecular weight is 327 g/mol. The van der Waals surface area contributed by atoms with Crippen LogP contribution in [0.5, 0.6) is 0 Å². The summed E-state index contributed by atoms with van der Waals surface area (Å²) >= 11 is 7.28. The summed E-state index contributed by atoms with van der Waals surface area (Å²) in [7, 11) is 1.44. The number of carbonyl (C=O) groups excluding carboxylic acids is 1. The number of carbonyl (C=O) groups is 1. The van der Waals surface area contributed by atoms with Crippen molar-refractivity contribution in [2.75, 3.05) is 13.7 Å². The van der Waals surface area contributed by atoms with E-state index in [9.17, 15) is 4.79 Å². The second-order valence-electron chi connectivity index (χ2n) is 3.95. The van der Waals surface area contributed by atoms with Crippen molar-refractivity contribution in [3.05, 3.63) is 0 Å². The van der Waals surface area contributed by atoms with Gasteiger partial charge in [-0.15, -0.1) is 0 Å². The number of hydrogen-bond acceptors (Lipinski definition) is 2. The van der Waals surface area contributed by atoms with Gasteiger partial charge in [0.2, 0.25) is 0 Å². The van der Waals surface area contributed by atoms with Crippen LogP contribution in [0.3, 0.4) is 0 Å². The quantitative estimate of drug-likeness (QED) is 0.640. The molecule has 1 heterocycles. The third-order valence-corrected chi connectivity index (χ3v) is 5.91. The summed E-state index contributed by atoms with van der Waals surface area (Å²) in [5.74, 6) is 0.660. The van der Waals surface area contributed by atoms with Crippen LogP contribution in [-0.4, -0.2) is 40.3 Å². The van der Waals surface area contributed by atoms with E-state index in [1.807, 2.05) is 4.90 Å². The highest BCUT2D eigenvalue weighted by Gasteiger charge is 2.47. The van der Waals surface area contributed by atoms with E-state index in [1.165, 1.54) is 7.11 Å². The fourth-order valence-electron chi connectivity index (χ4n) is 2.32. The van der Waals surface area contributed by atoms with Crippen molar-refractivity contribution in [2.24, 2.45) is 5.92 Å². The minimum atomic E-state index is -0.182. The van der Waals surface area contributed by atoms with Gasteiger partial charge in [0.1, 0.15) is 0 Å². The van der Waals surface area contributed by atoms with Crippen LogP contribution < -0.4 is 0 Å². The molecule has 0 aromatic carbocycles. The molecule has 0 radical (unpaired) electrons. The van der Waals surface area contributed by atoms with Crippen molar-refractivity contribution in [1.82, 2.24) is 4.90 Å². The molecule has 0 spiro atoms. The molecular weight excluding hydrogens is 314 g/mol. The molecule has 14 heavy (non-hydrogen) atoms. The van der Waals surface area contributed by atoms with E-state index in [2.05, 4.69) is 31.9 Å². The number of halogens is 2. The van der Waals surface area contributed by atoms with Crippen molar-refractivity contribution in [3.8, 4) is 0 Å². The highest BCUT2D eigenvalue weighted by Crippen LogP contribution is 2.42. The van der Waals surface area contributed by atoms with Gasteiger partial charge in [-0.2, -0.15) is 0 Å². The van der Waals surface area contributed by atoms with Gasteiger partial charge in [0, 0.05) is 22.2 Å². The molecule has 2 aliphatic rings. The molecule has 0 N–H and O–H groups in total. The largest absolute Gasteiger partial charge is 0.453 e. The number of methoxy groups -OCH3 is 1. The standard InChI is InChI=1S/C9H13Br2NO2/c1-14-9(13)12-4-5-2-6(10)7(11)3-8(5)12/h5-8H,2-4H2,1H3/t5-,6-,7-,8+/m0/s1. The third kappa shape index (κ3) is 1.69. The maximum absolute atomic E-state index is 11.3. The minimum Gasteiger partial charge on any atom is -0.453 e. The lowest BCUT2D eigenvalue weighted by atomic mass is 9.77. The van der Waals surface area contributed by atoms with E-state index in [4.69, 9.17) is 4.74 Å². The van der Waals surface area contributed by atoms with E-state index in [1.54, 1.807) is 0 Å². The van der Waals surface area contributed by atoms with Gasteiger partial charge in [-0.05, 0) is 18.8 Å². The van der Waals surface area contributed by atoms with Gasteiger partial charge < -0.3 is 9.64 Å². The zero-order valence-corrected chi connectivity index (χ0v) is 11.1. The Morgan fingerprint density at radius 2 is 2.00 bits per heavy atom. The number of rotatable bonds is 0. The first kappa shape index (κ1) is 10.7. The molecule has 0 aromatic rings. The topological polar surface area (TPSA) is 29.5 Å². The molecule has 4 atom stereocenters. The Labute approximate surface area is 100 Å². The molecule has 1 amide bonds. The second kappa shape index (κ2) is 4.00. The van der Waals surface area contributed by atoms with E-state index in [0.717, 1.165) is 19.4 Å². The van der Waals surface area contributed by atoms with E-state index >= 15 is 0 Å². The maximum atomic E-state index is 11.3. The highest BCUT2D eigenvalue weighted by atomic mass is 79.9. The molecule has 2 rings (SSSR count). The summed E-state index contributed by atoms with van der Waals surface area (Å²) < 4.78 is 4.73. The van der Waals surface area contributed by atoms with E-state index in [0.29, 0.717) is 21.6 Å². The Morgan fingerprint density at radius 3 is 2.64 bits per heavy atom. The summed E-state index contributed by atoms with van der Waals surface area (Å²) in [6, 6.07) is 0.389. The number of ether oxygens (including phenoxy) is 1. The lowest BCUT2D eigenvalue weighted by Crippen LogP contribution is -2.62. The highest BCUT2D eigenvalue weighted by molar-refractivity contribution is 9.12. The molecule has 1 saturated heterocycles. The van der Waals surface area contributed by atoms with Gasteiger partial charge in [0.15, 0.2) is 0 Å². The fraction of sp³-hybridized carbons (Fsp3) is 0.889. The average Bonchev–Trinajstić information content (AvgIpc) is 2.16. The van der Waals surface area contributed by atoms with Gasteiger partial charge >= 0.3 is 6.09 Å². The molecular formula is C9H13Br2NO2. The van der Waals surface area contributed by atoms with Crippen LogP contribution in [0.1, 0.15) is 12.8 Å². The Bertz CT molecular complexity index is 249. The van der Waals surface area contributed by atoms with Crippen LogP contribution in [0.2, 0.25) is 0 Å². The monoisotopic (exact) mass is 325 g/mol. The first-order chi connectivity index (χ1) is 6.63. The number of nitrogens with zero attached hydrogens (tertiary/aromatic N) is 1. The molecule has 1 saturated carbocycles. The smallest absolute Gasteiger partial charge is 0.409 e. The number of hydrogen-bond donors (Lipinski definition) is 0. The summed E-state index contributed by atoms with van der Waals surface area (Å²) in [4.78, 5) is 14.2. The van der Waals surface area contributed by atoms with Gasteiger partial charge in [-0.25, -0.2) is 4.79 Å². The Hall–Kier alpha value is 0.230. The fourth-order valence-corrected chi connectivity index (χ4v) is 3.61. The van der Waals surface area contributed by atoms with Crippen molar-refractivity contribution >= 4 is 38.0 Å². The van der Waals surface area contributed by atoms with Crippen molar-refractivity contribution < 1.29 is 9.53 Å². The van der Waals surface area contributed by atoms with Crippen molar-refractivity contribution in [3.63, 3.8) is 0 Å². The number of alkyl halides is 2. The normalized spacial score (nSPS) is 41.2. The van der Waals surface area contributed by atoms with Gasteiger partial charge in [0.25, 0.3) is 0 Å². The first-order valence-corrected chi connectivity index (χ1v) is 6.59. The third-order valence-electron chi connectivity index (χ3n) is 3.17. The van der Waals surface area contributed by atoms with Gasteiger partial charge in [-0.1, -0.05) is 31.9 Å². The van der Waals surface area contributed by atoms with Gasteiger partial charge in [0.05, 0.1) is 7.11 Å². The molecule has 0 unspecified atom stereocenters. The zero-order valence-electron chi connectivity index (χ0n) is 7.95. The molecule has 80 valence electrons. The summed E-state index contributed by atoms with van der Waals surface area (Å²) in [5, 5.41) is 0. The number of fused-ring (bicyclic) bond motifs is 1. The van der Waals surface area contributed by atoms with Crippen molar-refractivity contribution in [2.45, 2.75) is 28.5 Å². The number of likely N-dealkylation sites (tertiary alicyclic amines) is 1. The predicted octanol–water partition coefficient (Wildman–Crippen LogP) is 2.37. The first-order valence-electron chi connectivity index (χ1n) is 4.76. The predicted molar refractivity (Wildman–Crippen MR) is 61.1 cm³/mol. The Kier molecular flexibility index (Phi) is 3.07. The lowest BCUT2D eigenvalue weighted by molar-refractivity contribution is -0.00401. The molecule has 0 aromatic heterocycles. The van der Waals surface area contributed by atoms with Gasteiger partial charge in [-0.3, -0.25) is 0 Å². The summed E-state index contributed by atoms with van der Waals surface area (Å²) in [5.41, 5.74) is 0. The molecule has 1 aliphatic heterocycles. The molecule has 2 fully saturated rings. The van der Waals surface area contributed by atoms with Crippen LogP contribution in [0.15, 0.2) is 0 Å². The van der Waals surface area contributed by atoms with Crippen LogP contribution in [0.4, 0.5) is 4.79 Å². The molecule has 5 heteroatoms. The molecule has 1 aliphatic carbocycles. The van der Waals surface area contributed by atoms with Crippen LogP contribution >= 0.6 is 31.9 Å². The Morgan fingerprint density at radius 1 is 1.36 bits per heavy atom. The van der Waals surface area contributed by atoms with E-state index in [-0.39, 0.29) is 6.09 Å². The SMILES string of the molecule is COC(=O)N1C[C@@H]2C[C@H](Br)[C@@H](Br)C[C@H]21. The minimum absolute atomic E-state index is 0.182. The zero-order chi connectivity index (χ0) is 10.3. The summed E-state index contributed by atoms with van der Waals surface area (Å²) in [6.07, 6.45) is 1.99. The number of amides is 1. The van der Waals surface area contributed by atoms with Crippen LogP contribution in [-0.2, 0) is 4.74 Å². The summed E-state index contributed by atoms with van der Waals surface area (Å²) in [6.45, 7) is 0.860. The van der Waals surface area contributed by atoms with Crippen molar-refractivity contribution in [1.29, 1.82) is 0 Å². The van der Waals surface area contributed by atoms with Crippen LogP contribution in [0.25, 0.3) is 0 Å². The molecule has 0 bridgehead atoms. The van der Waals surface area contributed by atoms with E-state index < -0.39 is 0 Å². The molecule has 3 nitrogen and oxygen atoms in total. The second-order valence-corrected chi connectivity index (χ2v) is 6.31. The van der Waals surface area contributed by atoms with Crippen LogP contribution in [0, 0.1) is 5.92 Å².